The van der Waals surface area contributed by atoms with E-state index in [1.54, 1.807) is 0 Å². The molecule has 0 aliphatic rings. The van der Waals surface area contributed by atoms with Crippen LogP contribution in [0, 0.1) is 0 Å². The summed E-state index contributed by atoms with van der Waals surface area (Å²) in [7, 11) is 0. The second-order valence-corrected chi connectivity index (χ2v) is 5.50. The highest BCUT2D eigenvalue weighted by Gasteiger charge is 2.18. The molecule has 5 heteroatoms. The number of rotatable bonds is 6. The summed E-state index contributed by atoms with van der Waals surface area (Å²) >= 11 is 0. The van der Waals surface area contributed by atoms with Gasteiger partial charge in [-0.1, -0.05) is 27.7 Å². The van der Waals surface area contributed by atoms with Crippen molar-refractivity contribution < 1.29 is 0 Å². The molecule has 0 radical (unpaired) electrons. The van der Waals surface area contributed by atoms with Gasteiger partial charge < -0.3 is 10.3 Å². The number of anilines is 1. The van der Waals surface area contributed by atoms with Crippen molar-refractivity contribution in [3.63, 3.8) is 0 Å². The summed E-state index contributed by atoms with van der Waals surface area (Å²) in [4.78, 5) is 4.76. The molecule has 0 atom stereocenters. The van der Waals surface area contributed by atoms with Gasteiger partial charge in [-0.25, -0.2) is 4.98 Å². The van der Waals surface area contributed by atoms with Crippen molar-refractivity contribution in [2.75, 3.05) is 5.73 Å². The van der Waals surface area contributed by atoms with Crippen LogP contribution in [0.3, 0.4) is 0 Å². The molecule has 20 heavy (non-hydrogen) atoms. The van der Waals surface area contributed by atoms with E-state index in [0.717, 1.165) is 48.8 Å². The van der Waals surface area contributed by atoms with Crippen molar-refractivity contribution in [2.24, 2.45) is 0 Å². The summed E-state index contributed by atoms with van der Waals surface area (Å²) in [5.41, 5.74) is 8.18. The van der Waals surface area contributed by atoms with Gasteiger partial charge in [0, 0.05) is 30.8 Å². The molecule has 2 aromatic heterocycles. The Bertz CT molecular complexity index is 565. The third-order valence-electron chi connectivity index (χ3n) is 3.36. The maximum Gasteiger partial charge on any atom is 0.131 e. The van der Waals surface area contributed by atoms with Gasteiger partial charge in [0.05, 0.1) is 6.20 Å². The molecule has 0 amide bonds. The summed E-state index contributed by atoms with van der Waals surface area (Å²) in [6.07, 6.45) is 6.00. The molecule has 0 saturated heterocycles. The number of nitrogens with zero attached hydrogens (tertiary/aromatic N) is 4. The van der Waals surface area contributed by atoms with Crippen LogP contribution in [0.5, 0.6) is 0 Å². The van der Waals surface area contributed by atoms with E-state index >= 15 is 0 Å². The average molecular weight is 275 g/mol. The molecule has 0 unspecified atom stereocenters. The van der Waals surface area contributed by atoms with E-state index < -0.39 is 0 Å². The highest BCUT2D eigenvalue weighted by molar-refractivity contribution is 5.70. The normalized spacial score (nSPS) is 11.4. The summed E-state index contributed by atoms with van der Waals surface area (Å²) in [6.45, 7) is 10.4. The predicted molar refractivity (Wildman–Crippen MR) is 82.5 cm³/mol. The number of aromatic nitrogens is 4. The third-order valence-corrected chi connectivity index (χ3v) is 3.36. The Hall–Kier alpha value is -1.78. The second kappa shape index (κ2) is 6.11. The van der Waals surface area contributed by atoms with E-state index in [1.807, 2.05) is 17.1 Å². The van der Waals surface area contributed by atoms with Crippen LogP contribution in [-0.2, 0) is 13.1 Å². The van der Waals surface area contributed by atoms with Gasteiger partial charge in [0.1, 0.15) is 17.3 Å². The first-order valence-corrected chi connectivity index (χ1v) is 7.47. The molecule has 0 aromatic carbocycles. The van der Waals surface area contributed by atoms with Crippen molar-refractivity contribution in [1.29, 1.82) is 0 Å². The standard InChI is InChI=1S/C15H25N5/c1-5-7-19-10-12(9-17-19)13-14(16)20(8-6-2)15(18-13)11(3)4/h9-11H,5-8,16H2,1-4H3. The van der Waals surface area contributed by atoms with Crippen LogP contribution in [-0.4, -0.2) is 19.3 Å². The number of nitrogens with two attached hydrogens (primary N) is 1. The summed E-state index contributed by atoms with van der Waals surface area (Å²) in [6, 6.07) is 0. The first-order chi connectivity index (χ1) is 9.58. The van der Waals surface area contributed by atoms with Gasteiger partial charge in [-0.3, -0.25) is 4.68 Å². The zero-order valence-electron chi connectivity index (χ0n) is 12.9. The molecule has 0 bridgehead atoms. The van der Waals surface area contributed by atoms with Gasteiger partial charge in [-0.15, -0.1) is 0 Å². The fraction of sp³-hybridized carbons (Fsp3) is 0.600. The molecule has 2 aromatic rings. The zero-order valence-corrected chi connectivity index (χ0v) is 12.9. The molecule has 0 aliphatic heterocycles. The second-order valence-electron chi connectivity index (χ2n) is 5.50. The van der Waals surface area contributed by atoms with Crippen LogP contribution >= 0.6 is 0 Å². The van der Waals surface area contributed by atoms with Crippen LogP contribution < -0.4 is 5.73 Å². The van der Waals surface area contributed by atoms with Crippen LogP contribution in [0.15, 0.2) is 12.4 Å². The molecule has 0 aliphatic carbocycles. The van der Waals surface area contributed by atoms with Gasteiger partial charge in [0.2, 0.25) is 0 Å². The molecule has 5 nitrogen and oxygen atoms in total. The highest BCUT2D eigenvalue weighted by Crippen LogP contribution is 2.29. The molecule has 0 fully saturated rings. The minimum Gasteiger partial charge on any atom is -0.383 e. The van der Waals surface area contributed by atoms with Crippen molar-refractivity contribution in [1.82, 2.24) is 19.3 Å². The molecule has 0 spiro atoms. The molecule has 2 heterocycles. The Morgan fingerprint density at radius 1 is 1.20 bits per heavy atom. The smallest absolute Gasteiger partial charge is 0.131 e. The minimum atomic E-state index is 0.364. The van der Waals surface area contributed by atoms with Gasteiger partial charge in [0.25, 0.3) is 0 Å². The summed E-state index contributed by atoms with van der Waals surface area (Å²) in [5.74, 6) is 2.18. The lowest BCUT2D eigenvalue weighted by Gasteiger charge is -2.10. The first kappa shape index (κ1) is 14.6. The molecule has 2 N–H and O–H groups in total. The van der Waals surface area contributed by atoms with E-state index in [1.165, 1.54) is 0 Å². The van der Waals surface area contributed by atoms with E-state index in [4.69, 9.17) is 10.7 Å². The Morgan fingerprint density at radius 3 is 2.50 bits per heavy atom. The fourth-order valence-electron chi connectivity index (χ4n) is 2.43. The van der Waals surface area contributed by atoms with Gasteiger partial charge >= 0.3 is 0 Å². The monoisotopic (exact) mass is 275 g/mol. The summed E-state index contributed by atoms with van der Waals surface area (Å²) in [5, 5.41) is 4.37. The topological polar surface area (TPSA) is 61.7 Å². The van der Waals surface area contributed by atoms with Crippen LogP contribution in [0.4, 0.5) is 5.82 Å². The number of hydrogen-bond donors (Lipinski definition) is 1. The maximum absolute atomic E-state index is 6.31. The zero-order chi connectivity index (χ0) is 14.7. The van der Waals surface area contributed by atoms with Crippen molar-refractivity contribution in [3.8, 4) is 11.3 Å². The van der Waals surface area contributed by atoms with E-state index in [9.17, 15) is 0 Å². The Balaban J connectivity index is 2.42. The van der Waals surface area contributed by atoms with Crippen LogP contribution in [0.25, 0.3) is 11.3 Å². The van der Waals surface area contributed by atoms with E-state index in [0.29, 0.717) is 5.92 Å². The Kier molecular flexibility index (Phi) is 4.47. The van der Waals surface area contributed by atoms with Crippen molar-refractivity contribution in [2.45, 2.75) is 59.5 Å². The number of aryl methyl sites for hydroxylation is 1. The summed E-state index contributed by atoms with van der Waals surface area (Å²) < 4.78 is 4.08. The largest absolute Gasteiger partial charge is 0.383 e. The fourth-order valence-corrected chi connectivity index (χ4v) is 2.43. The first-order valence-electron chi connectivity index (χ1n) is 7.47. The quantitative estimate of drug-likeness (QED) is 0.880. The molecular formula is C15H25N5. The Labute approximate surface area is 120 Å². The molecule has 110 valence electrons. The minimum absolute atomic E-state index is 0.364. The predicted octanol–water partition coefficient (Wildman–Crippen LogP) is 3.27. The van der Waals surface area contributed by atoms with E-state index in [2.05, 4.69) is 37.4 Å². The lowest BCUT2D eigenvalue weighted by molar-refractivity contribution is 0.603. The van der Waals surface area contributed by atoms with Crippen molar-refractivity contribution >= 4 is 5.82 Å². The average Bonchev–Trinajstić information content (AvgIpc) is 2.97. The number of imidazole rings is 1. The van der Waals surface area contributed by atoms with Gasteiger partial charge in [0.15, 0.2) is 0 Å². The number of hydrogen-bond acceptors (Lipinski definition) is 3. The van der Waals surface area contributed by atoms with Gasteiger partial charge in [-0.2, -0.15) is 5.10 Å². The van der Waals surface area contributed by atoms with E-state index in [-0.39, 0.29) is 0 Å². The lowest BCUT2D eigenvalue weighted by atomic mass is 10.2. The van der Waals surface area contributed by atoms with Crippen molar-refractivity contribution in [3.05, 3.63) is 18.2 Å². The third kappa shape index (κ3) is 2.71. The Morgan fingerprint density at radius 2 is 1.90 bits per heavy atom. The molecular weight excluding hydrogens is 250 g/mol. The number of nitrogen functional groups attached to an aromatic ring is 1. The van der Waals surface area contributed by atoms with Crippen LogP contribution in [0.1, 0.15) is 52.3 Å². The maximum atomic E-state index is 6.31. The lowest BCUT2D eigenvalue weighted by Crippen LogP contribution is -2.08. The highest BCUT2D eigenvalue weighted by atomic mass is 15.3. The van der Waals surface area contributed by atoms with Gasteiger partial charge in [-0.05, 0) is 12.8 Å². The SMILES string of the molecule is CCCn1cc(-c2nc(C(C)C)n(CCC)c2N)cn1. The molecule has 0 saturated carbocycles. The molecule has 2 rings (SSSR count). The van der Waals surface area contributed by atoms with Crippen LogP contribution in [0.2, 0.25) is 0 Å².